The van der Waals surface area contributed by atoms with Crippen molar-refractivity contribution in [3.05, 3.63) is 53.3 Å². The third-order valence-corrected chi connectivity index (χ3v) is 5.00. The van der Waals surface area contributed by atoms with E-state index in [4.69, 9.17) is 16.3 Å². The molecule has 0 saturated carbocycles. The Bertz CT molecular complexity index is 768. The third kappa shape index (κ3) is 2.54. The van der Waals surface area contributed by atoms with E-state index in [0.29, 0.717) is 17.3 Å². The van der Waals surface area contributed by atoms with Crippen LogP contribution >= 0.6 is 11.6 Å². The number of rotatable bonds is 4. The number of nitrogens with zero attached hydrogens (tertiary/aromatic N) is 3. The molecule has 2 atom stereocenters. The summed E-state index contributed by atoms with van der Waals surface area (Å²) in [5.41, 5.74) is 1.75. The molecular formula is C18H18ClN3O2. The van der Waals surface area contributed by atoms with E-state index in [0.717, 1.165) is 24.3 Å². The highest BCUT2D eigenvalue weighted by Crippen LogP contribution is 2.41. The second-order valence-electron chi connectivity index (χ2n) is 6.18. The molecule has 0 unspecified atom stereocenters. The Morgan fingerprint density at radius 3 is 2.92 bits per heavy atom. The fourth-order valence-electron chi connectivity index (χ4n) is 3.71. The summed E-state index contributed by atoms with van der Waals surface area (Å²) in [5, 5.41) is 0.603. The maximum Gasteiger partial charge on any atom is 0.244 e. The number of hydrogen-bond acceptors (Lipinski definition) is 4. The Balaban J connectivity index is 1.57. The quantitative estimate of drug-likeness (QED) is 0.856. The zero-order valence-electron chi connectivity index (χ0n) is 13.4. The Morgan fingerprint density at radius 1 is 1.33 bits per heavy atom. The van der Waals surface area contributed by atoms with Gasteiger partial charge in [0, 0.05) is 24.3 Å². The molecule has 0 N–H and O–H groups in total. The van der Waals surface area contributed by atoms with Gasteiger partial charge >= 0.3 is 0 Å². The number of benzene rings is 1. The molecule has 24 heavy (non-hydrogen) atoms. The number of carbonyl (C=O) groups is 1. The van der Waals surface area contributed by atoms with Crippen molar-refractivity contribution in [2.45, 2.75) is 25.0 Å². The first kappa shape index (κ1) is 15.4. The van der Waals surface area contributed by atoms with Crippen LogP contribution in [0.1, 0.15) is 12.1 Å². The van der Waals surface area contributed by atoms with Crippen molar-refractivity contribution >= 4 is 23.2 Å². The van der Waals surface area contributed by atoms with Crippen LogP contribution in [0.4, 0.5) is 5.69 Å². The molecule has 4 rings (SSSR count). The largest absolute Gasteiger partial charge is 0.495 e. The van der Waals surface area contributed by atoms with Crippen LogP contribution in [-0.2, 0) is 11.3 Å². The van der Waals surface area contributed by atoms with Crippen molar-refractivity contribution in [1.29, 1.82) is 0 Å². The Hall–Kier alpha value is -2.11. The van der Waals surface area contributed by atoms with E-state index in [1.165, 1.54) is 0 Å². The van der Waals surface area contributed by atoms with E-state index in [-0.39, 0.29) is 18.0 Å². The summed E-state index contributed by atoms with van der Waals surface area (Å²) in [4.78, 5) is 21.3. The minimum absolute atomic E-state index is 0.0966. The van der Waals surface area contributed by atoms with Crippen molar-refractivity contribution in [3.8, 4) is 5.75 Å². The van der Waals surface area contributed by atoms with Gasteiger partial charge in [0.25, 0.3) is 0 Å². The van der Waals surface area contributed by atoms with Crippen LogP contribution in [0, 0.1) is 0 Å². The van der Waals surface area contributed by atoms with E-state index in [9.17, 15) is 4.79 Å². The van der Waals surface area contributed by atoms with Gasteiger partial charge in [-0.2, -0.15) is 0 Å². The van der Waals surface area contributed by atoms with Gasteiger partial charge < -0.3 is 9.64 Å². The molecule has 0 radical (unpaired) electrons. The lowest BCUT2D eigenvalue weighted by atomic mass is 10.2. The minimum atomic E-state index is -0.0966. The topological polar surface area (TPSA) is 45.7 Å². The average Bonchev–Trinajstić information content (AvgIpc) is 3.13. The van der Waals surface area contributed by atoms with Crippen LogP contribution in [-0.4, -0.2) is 41.5 Å². The number of pyridine rings is 1. The van der Waals surface area contributed by atoms with Crippen LogP contribution in [0.15, 0.2) is 42.6 Å². The molecule has 2 fully saturated rings. The van der Waals surface area contributed by atoms with Gasteiger partial charge in [-0.05, 0) is 36.8 Å². The number of amides is 1. The lowest BCUT2D eigenvalue weighted by molar-refractivity contribution is -0.122. The van der Waals surface area contributed by atoms with E-state index >= 15 is 0 Å². The Kier molecular flexibility index (Phi) is 3.90. The molecule has 1 aromatic heterocycles. The van der Waals surface area contributed by atoms with E-state index < -0.39 is 0 Å². The number of aromatic nitrogens is 1. The number of methoxy groups -OCH3 is 1. The van der Waals surface area contributed by atoms with Crippen LogP contribution in [0.2, 0.25) is 5.02 Å². The molecule has 1 amide bonds. The predicted octanol–water partition coefficient (Wildman–Crippen LogP) is 2.73. The number of carbonyl (C=O) groups excluding carboxylic acids is 1. The Labute approximate surface area is 145 Å². The predicted molar refractivity (Wildman–Crippen MR) is 92.3 cm³/mol. The number of piperazine rings is 1. The number of ether oxygens (including phenoxy) is 1. The molecule has 124 valence electrons. The summed E-state index contributed by atoms with van der Waals surface area (Å²) < 4.78 is 5.42. The molecule has 2 bridgehead atoms. The highest BCUT2D eigenvalue weighted by atomic mass is 35.5. The van der Waals surface area contributed by atoms with Crippen molar-refractivity contribution in [1.82, 2.24) is 9.88 Å². The average molecular weight is 344 g/mol. The summed E-state index contributed by atoms with van der Waals surface area (Å²) in [5.74, 6) is 0.791. The molecule has 0 aliphatic carbocycles. The Morgan fingerprint density at radius 2 is 2.21 bits per heavy atom. The summed E-state index contributed by atoms with van der Waals surface area (Å²) in [7, 11) is 1.61. The maximum atomic E-state index is 12.9. The van der Waals surface area contributed by atoms with E-state index in [2.05, 4.69) is 9.88 Å². The van der Waals surface area contributed by atoms with Gasteiger partial charge in [-0.25, -0.2) is 0 Å². The first-order valence-corrected chi connectivity index (χ1v) is 8.35. The van der Waals surface area contributed by atoms with Gasteiger partial charge in [0.05, 0.1) is 30.6 Å². The van der Waals surface area contributed by atoms with Crippen molar-refractivity contribution in [2.75, 3.05) is 18.6 Å². The smallest absolute Gasteiger partial charge is 0.244 e. The highest BCUT2D eigenvalue weighted by Gasteiger charge is 2.50. The number of anilines is 1. The van der Waals surface area contributed by atoms with Gasteiger partial charge in [-0.1, -0.05) is 17.7 Å². The second kappa shape index (κ2) is 6.07. The minimum Gasteiger partial charge on any atom is -0.495 e. The number of hydrogen-bond donors (Lipinski definition) is 0. The zero-order chi connectivity index (χ0) is 16.7. The van der Waals surface area contributed by atoms with Gasteiger partial charge in [0.2, 0.25) is 5.91 Å². The van der Waals surface area contributed by atoms with Gasteiger partial charge in [-0.3, -0.25) is 14.7 Å². The fourth-order valence-corrected chi connectivity index (χ4v) is 3.87. The van der Waals surface area contributed by atoms with Crippen LogP contribution in [0.25, 0.3) is 0 Å². The normalized spacial score (nSPS) is 23.1. The maximum absolute atomic E-state index is 12.9. The lowest BCUT2D eigenvalue weighted by Crippen LogP contribution is -2.50. The molecule has 1 aromatic carbocycles. The van der Waals surface area contributed by atoms with Gasteiger partial charge in [-0.15, -0.1) is 0 Å². The highest BCUT2D eigenvalue weighted by molar-refractivity contribution is 6.31. The third-order valence-electron chi connectivity index (χ3n) is 4.76. The van der Waals surface area contributed by atoms with Crippen molar-refractivity contribution < 1.29 is 9.53 Å². The van der Waals surface area contributed by atoms with Gasteiger partial charge in [0.1, 0.15) is 5.75 Å². The first-order valence-electron chi connectivity index (χ1n) is 7.98. The first-order chi connectivity index (χ1) is 11.7. The lowest BCUT2D eigenvalue weighted by Gasteiger charge is -2.34. The number of likely N-dealkylation sites (tertiary alicyclic amines) is 1. The second-order valence-corrected chi connectivity index (χ2v) is 6.62. The molecular weight excluding hydrogens is 326 g/mol. The standard InChI is InChI=1S/C18H18ClN3O2/c1-24-17-6-5-12(19)8-15(17)22-14-9-16(18(22)23)21(11-14)10-13-4-2-3-7-20-13/h2-8,14,16H,9-11H2,1H3/t14-,16-/m0/s1. The van der Waals surface area contributed by atoms with Crippen LogP contribution < -0.4 is 9.64 Å². The number of halogens is 1. The number of fused-ring (bicyclic) bond motifs is 2. The fraction of sp³-hybridized carbons (Fsp3) is 0.333. The van der Waals surface area contributed by atoms with Crippen molar-refractivity contribution in [3.63, 3.8) is 0 Å². The molecule has 0 spiro atoms. The zero-order valence-corrected chi connectivity index (χ0v) is 14.1. The van der Waals surface area contributed by atoms with Crippen LogP contribution in [0.3, 0.4) is 0 Å². The molecule has 2 aliphatic heterocycles. The summed E-state index contributed by atoms with van der Waals surface area (Å²) >= 11 is 6.13. The van der Waals surface area contributed by atoms with E-state index in [1.54, 1.807) is 19.4 Å². The van der Waals surface area contributed by atoms with Crippen LogP contribution in [0.5, 0.6) is 5.75 Å². The monoisotopic (exact) mass is 343 g/mol. The summed E-state index contributed by atoms with van der Waals surface area (Å²) in [6, 6.07) is 11.3. The molecule has 6 heteroatoms. The van der Waals surface area contributed by atoms with Gasteiger partial charge in [0.15, 0.2) is 0 Å². The molecule has 3 heterocycles. The molecule has 5 nitrogen and oxygen atoms in total. The van der Waals surface area contributed by atoms with E-state index in [1.807, 2.05) is 35.2 Å². The van der Waals surface area contributed by atoms with Crippen molar-refractivity contribution in [2.24, 2.45) is 0 Å². The molecule has 2 aliphatic rings. The SMILES string of the molecule is COc1ccc(Cl)cc1N1C(=O)[C@@H]2C[C@H]1CN2Cc1ccccn1. The summed E-state index contributed by atoms with van der Waals surface area (Å²) in [6.07, 6.45) is 2.62. The summed E-state index contributed by atoms with van der Waals surface area (Å²) in [6.45, 7) is 1.54. The molecule has 2 aromatic rings. The molecule has 2 saturated heterocycles.